The third kappa shape index (κ3) is 3.12. The van der Waals surface area contributed by atoms with E-state index in [-0.39, 0.29) is 11.5 Å². The van der Waals surface area contributed by atoms with E-state index in [2.05, 4.69) is 20.9 Å². The molecule has 4 nitrogen and oxygen atoms in total. The first-order valence-electron chi connectivity index (χ1n) is 8.82. The van der Waals surface area contributed by atoms with Gasteiger partial charge in [-0.05, 0) is 71.4 Å². The normalized spacial score (nSPS) is 14.7. The van der Waals surface area contributed by atoms with Crippen LogP contribution in [-0.2, 0) is 0 Å². The molecule has 134 valence electrons. The van der Waals surface area contributed by atoms with E-state index in [4.69, 9.17) is 9.47 Å². The Morgan fingerprint density at radius 2 is 1.81 bits per heavy atom. The van der Waals surface area contributed by atoms with Crippen molar-refractivity contribution in [1.29, 1.82) is 0 Å². The second-order valence-corrected chi connectivity index (χ2v) is 7.43. The Kier molecular flexibility index (Phi) is 4.72. The van der Waals surface area contributed by atoms with E-state index in [0.717, 1.165) is 39.9 Å². The van der Waals surface area contributed by atoms with Crippen molar-refractivity contribution >= 4 is 26.8 Å². The molecule has 5 heteroatoms. The van der Waals surface area contributed by atoms with E-state index in [1.54, 1.807) is 13.3 Å². The van der Waals surface area contributed by atoms with Crippen molar-refractivity contribution in [3.8, 4) is 22.6 Å². The van der Waals surface area contributed by atoms with Gasteiger partial charge in [-0.2, -0.15) is 0 Å². The molecule has 3 aromatic rings. The molecule has 0 spiro atoms. The lowest BCUT2D eigenvalue weighted by Gasteiger charge is -2.16. The first-order chi connectivity index (χ1) is 12.7. The van der Waals surface area contributed by atoms with Crippen LogP contribution in [-0.4, -0.2) is 18.2 Å². The van der Waals surface area contributed by atoms with Crippen molar-refractivity contribution in [2.24, 2.45) is 0 Å². The largest absolute Gasteiger partial charge is 0.497 e. The van der Waals surface area contributed by atoms with Gasteiger partial charge < -0.3 is 14.5 Å². The van der Waals surface area contributed by atoms with Gasteiger partial charge in [-0.1, -0.05) is 12.1 Å². The quantitative estimate of drug-likeness (QED) is 0.632. The zero-order valence-electron chi connectivity index (χ0n) is 14.5. The van der Waals surface area contributed by atoms with Crippen LogP contribution in [0.4, 0.5) is 0 Å². The molecule has 1 N–H and O–H groups in total. The zero-order valence-corrected chi connectivity index (χ0v) is 16.1. The average molecular weight is 414 g/mol. The summed E-state index contributed by atoms with van der Waals surface area (Å²) in [5.74, 6) is 1.51. The van der Waals surface area contributed by atoms with E-state index in [9.17, 15) is 4.79 Å². The molecule has 0 unspecified atom stereocenters. The van der Waals surface area contributed by atoms with Gasteiger partial charge in [0.15, 0.2) is 5.43 Å². The predicted octanol–water partition coefficient (Wildman–Crippen LogP) is 5.29. The standard InChI is InChI=1S/C21H20BrNO3/c1-25-14-8-6-13(7-9-14)16-12-23-20-18(26-15-4-2-3-5-15)11-10-17(22)19(20)21(16)24/h6-12,15H,2-5H2,1H3,(H,23,24). The molecule has 1 aliphatic rings. The van der Waals surface area contributed by atoms with Crippen LogP contribution >= 0.6 is 15.9 Å². The zero-order chi connectivity index (χ0) is 18.1. The van der Waals surface area contributed by atoms with E-state index in [1.807, 2.05) is 36.4 Å². The van der Waals surface area contributed by atoms with Crippen LogP contribution in [0.15, 0.2) is 51.9 Å². The minimum Gasteiger partial charge on any atom is -0.497 e. The Morgan fingerprint density at radius 1 is 1.08 bits per heavy atom. The van der Waals surface area contributed by atoms with Crippen molar-refractivity contribution in [2.75, 3.05) is 7.11 Å². The minimum atomic E-state index is -0.0207. The third-order valence-corrected chi connectivity index (χ3v) is 5.61. The van der Waals surface area contributed by atoms with Crippen molar-refractivity contribution < 1.29 is 9.47 Å². The first kappa shape index (κ1) is 17.2. The summed E-state index contributed by atoms with van der Waals surface area (Å²) in [6.45, 7) is 0. The number of methoxy groups -OCH3 is 1. The lowest BCUT2D eigenvalue weighted by atomic mass is 10.0. The molecular formula is C21H20BrNO3. The second kappa shape index (κ2) is 7.16. The number of benzene rings is 2. The molecular weight excluding hydrogens is 394 g/mol. The maximum absolute atomic E-state index is 13.2. The van der Waals surface area contributed by atoms with Crippen LogP contribution in [0, 0.1) is 0 Å². The van der Waals surface area contributed by atoms with Gasteiger partial charge in [-0.15, -0.1) is 0 Å². The molecule has 1 aliphatic carbocycles. The number of aromatic nitrogens is 1. The lowest BCUT2D eigenvalue weighted by molar-refractivity contribution is 0.212. The number of aromatic amines is 1. The number of ether oxygens (including phenoxy) is 2. The number of pyridine rings is 1. The number of H-pyrrole nitrogens is 1. The first-order valence-corrected chi connectivity index (χ1v) is 9.61. The number of rotatable bonds is 4. The van der Waals surface area contributed by atoms with Crippen LogP contribution in [0.3, 0.4) is 0 Å². The molecule has 0 bridgehead atoms. The summed E-state index contributed by atoms with van der Waals surface area (Å²) in [6.07, 6.45) is 6.57. The van der Waals surface area contributed by atoms with E-state index in [1.165, 1.54) is 12.8 Å². The van der Waals surface area contributed by atoms with E-state index in [0.29, 0.717) is 10.9 Å². The molecule has 0 radical (unpaired) electrons. The maximum atomic E-state index is 13.2. The van der Waals surface area contributed by atoms with Crippen molar-refractivity contribution in [2.45, 2.75) is 31.8 Å². The highest BCUT2D eigenvalue weighted by atomic mass is 79.9. The smallest absolute Gasteiger partial charge is 0.198 e. The van der Waals surface area contributed by atoms with Gasteiger partial charge in [0.05, 0.1) is 24.1 Å². The summed E-state index contributed by atoms with van der Waals surface area (Å²) in [4.78, 5) is 16.4. The van der Waals surface area contributed by atoms with E-state index >= 15 is 0 Å². The monoisotopic (exact) mass is 413 g/mol. The maximum Gasteiger partial charge on any atom is 0.198 e. The highest BCUT2D eigenvalue weighted by molar-refractivity contribution is 9.10. The second-order valence-electron chi connectivity index (χ2n) is 6.58. The van der Waals surface area contributed by atoms with Gasteiger partial charge in [0.25, 0.3) is 0 Å². The van der Waals surface area contributed by atoms with Crippen LogP contribution in [0.5, 0.6) is 11.5 Å². The van der Waals surface area contributed by atoms with Crippen LogP contribution in [0.25, 0.3) is 22.0 Å². The van der Waals surface area contributed by atoms with Crippen LogP contribution < -0.4 is 14.9 Å². The van der Waals surface area contributed by atoms with Gasteiger partial charge >= 0.3 is 0 Å². The topological polar surface area (TPSA) is 51.3 Å². The fraction of sp³-hybridized carbons (Fsp3) is 0.286. The molecule has 0 atom stereocenters. The van der Waals surface area contributed by atoms with Gasteiger partial charge in [-0.25, -0.2) is 0 Å². The number of halogens is 1. The summed E-state index contributed by atoms with van der Waals surface area (Å²) in [5.41, 5.74) is 2.20. The fourth-order valence-corrected chi connectivity index (χ4v) is 4.05. The summed E-state index contributed by atoms with van der Waals surface area (Å²) >= 11 is 3.53. The van der Waals surface area contributed by atoms with E-state index < -0.39 is 0 Å². The Morgan fingerprint density at radius 3 is 2.50 bits per heavy atom. The number of hydrogen-bond donors (Lipinski definition) is 1. The molecule has 4 rings (SSSR count). The van der Waals surface area contributed by atoms with Gasteiger partial charge in [-0.3, -0.25) is 4.79 Å². The highest BCUT2D eigenvalue weighted by Crippen LogP contribution is 2.33. The van der Waals surface area contributed by atoms with Crippen LogP contribution in [0.1, 0.15) is 25.7 Å². The Bertz CT molecular complexity index is 989. The van der Waals surface area contributed by atoms with Crippen LogP contribution in [0.2, 0.25) is 0 Å². The van der Waals surface area contributed by atoms with Gasteiger partial charge in [0.2, 0.25) is 0 Å². The molecule has 1 heterocycles. The minimum absolute atomic E-state index is 0.0207. The SMILES string of the molecule is COc1ccc(-c2c[nH]c3c(OC4CCCC4)ccc(Br)c3c2=O)cc1. The molecule has 0 aliphatic heterocycles. The molecule has 1 aromatic heterocycles. The molecule has 1 saturated carbocycles. The average Bonchev–Trinajstić information content (AvgIpc) is 3.17. The molecule has 1 fully saturated rings. The lowest BCUT2D eigenvalue weighted by Crippen LogP contribution is -2.13. The fourth-order valence-electron chi connectivity index (χ4n) is 3.54. The Labute approximate surface area is 160 Å². The predicted molar refractivity (Wildman–Crippen MR) is 107 cm³/mol. The Balaban J connectivity index is 1.81. The molecule has 2 aromatic carbocycles. The summed E-state index contributed by atoms with van der Waals surface area (Å²) in [6, 6.07) is 11.3. The molecule has 26 heavy (non-hydrogen) atoms. The number of fused-ring (bicyclic) bond motifs is 1. The van der Waals surface area contributed by atoms with Crippen molar-refractivity contribution in [3.63, 3.8) is 0 Å². The number of hydrogen-bond acceptors (Lipinski definition) is 3. The van der Waals surface area contributed by atoms with Gasteiger partial charge in [0, 0.05) is 16.2 Å². The van der Waals surface area contributed by atoms with Gasteiger partial charge in [0.1, 0.15) is 11.5 Å². The summed E-state index contributed by atoms with van der Waals surface area (Å²) in [7, 11) is 1.63. The third-order valence-electron chi connectivity index (χ3n) is 4.95. The molecule has 0 saturated heterocycles. The van der Waals surface area contributed by atoms with Crippen molar-refractivity contribution in [3.05, 3.63) is 57.3 Å². The highest BCUT2D eigenvalue weighted by Gasteiger charge is 2.19. The summed E-state index contributed by atoms with van der Waals surface area (Å²) < 4.78 is 12.1. The number of nitrogens with one attached hydrogen (secondary N) is 1. The molecule has 0 amide bonds. The summed E-state index contributed by atoms with van der Waals surface area (Å²) in [5, 5.41) is 0.619. The Hall–Kier alpha value is -2.27. The van der Waals surface area contributed by atoms with Crippen molar-refractivity contribution in [1.82, 2.24) is 4.98 Å².